The van der Waals surface area contributed by atoms with Crippen LogP contribution in [0.2, 0.25) is 0 Å². The maximum atomic E-state index is 12.6. The number of anilines is 2. The van der Waals surface area contributed by atoms with E-state index in [4.69, 9.17) is 5.73 Å². The van der Waals surface area contributed by atoms with Crippen molar-refractivity contribution in [2.75, 3.05) is 51.4 Å². The Labute approximate surface area is 124 Å². The van der Waals surface area contributed by atoms with Crippen LogP contribution in [0.15, 0.2) is 0 Å². The van der Waals surface area contributed by atoms with Gasteiger partial charge in [0.05, 0.1) is 0 Å². The molecule has 1 aliphatic rings. The van der Waals surface area contributed by atoms with Gasteiger partial charge in [-0.15, -0.1) is 0 Å². The Kier molecular flexibility index (Phi) is 4.49. The number of amides is 1. The van der Waals surface area contributed by atoms with E-state index in [1.807, 2.05) is 23.9 Å². The summed E-state index contributed by atoms with van der Waals surface area (Å²) in [6.07, 6.45) is 1.04. The summed E-state index contributed by atoms with van der Waals surface area (Å²) in [5.74, 6) is 0.357. The quantitative estimate of drug-likeness (QED) is 0.900. The lowest BCUT2D eigenvalue weighted by atomic mass is 10.1. The fourth-order valence-corrected chi connectivity index (χ4v) is 3.26. The van der Waals surface area contributed by atoms with Crippen molar-refractivity contribution in [3.05, 3.63) is 4.88 Å². The van der Waals surface area contributed by atoms with Gasteiger partial charge in [0, 0.05) is 39.8 Å². The van der Waals surface area contributed by atoms with Crippen LogP contribution < -0.4 is 10.6 Å². The van der Waals surface area contributed by atoms with Crippen LogP contribution in [0.25, 0.3) is 0 Å². The SMILES string of the molecule is CCC1CN(C(=O)c2sc(N(C)C)nc2N)CCN1C. The van der Waals surface area contributed by atoms with Crippen LogP contribution in [-0.4, -0.2) is 67.5 Å². The molecular formula is C13H23N5OS. The van der Waals surface area contributed by atoms with Gasteiger partial charge in [0.1, 0.15) is 10.7 Å². The van der Waals surface area contributed by atoms with Gasteiger partial charge in [0.25, 0.3) is 5.91 Å². The fraction of sp³-hybridized carbons (Fsp3) is 0.692. The molecule has 1 amide bonds. The Bertz CT molecular complexity index is 487. The molecular weight excluding hydrogens is 274 g/mol. The van der Waals surface area contributed by atoms with Crippen LogP contribution in [0.3, 0.4) is 0 Å². The van der Waals surface area contributed by atoms with Crippen LogP contribution in [0.4, 0.5) is 10.9 Å². The van der Waals surface area contributed by atoms with E-state index in [1.165, 1.54) is 11.3 Å². The van der Waals surface area contributed by atoms with Crippen molar-refractivity contribution in [3.8, 4) is 0 Å². The minimum Gasteiger partial charge on any atom is -0.382 e. The molecule has 0 radical (unpaired) electrons. The number of rotatable bonds is 3. The van der Waals surface area contributed by atoms with Gasteiger partial charge in [0.15, 0.2) is 5.13 Å². The second-order valence-corrected chi connectivity index (χ2v) is 6.38. The van der Waals surface area contributed by atoms with Crippen molar-refractivity contribution in [1.82, 2.24) is 14.8 Å². The molecule has 2 N–H and O–H groups in total. The third-order valence-electron chi connectivity index (χ3n) is 3.75. The normalized spacial score (nSPS) is 20.2. The first kappa shape index (κ1) is 15.1. The van der Waals surface area contributed by atoms with Crippen molar-refractivity contribution in [2.24, 2.45) is 0 Å². The molecule has 1 aromatic rings. The topological polar surface area (TPSA) is 65.7 Å². The zero-order valence-electron chi connectivity index (χ0n) is 12.6. The zero-order valence-corrected chi connectivity index (χ0v) is 13.4. The maximum Gasteiger partial charge on any atom is 0.267 e. The van der Waals surface area contributed by atoms with E-state index in [-0.39, 0.29) is 5.91 Å². The molecule has 0 aliphatic carbocycles. The van der Waals surface area contributed by atoms with Gasteiger partial charge >= 0.3 is 0 Å². The molecule has 6 nitrogen and oxygen atoms in total. The molecule has 1 aliphatic heterocycles. The summed E-state index contributed by atoms with van der Waals surface area (Å²) in [5, 5.41) is 0.770. The third-order valence-corrected chi connectivity index (χ3v) is 4.98. The minimum atomic E-state index is 0.0136. The fourth-order valence-electron chi connectivity index (χ4n) is 2.38. The number of nitrogens with two attached hydrogens (primary N) is 1. The van der Waals surface area contributed by atoms with E-state index in [0.29, 0.717) is 16.7 Å². The van der Waals surface area contributed by atoms with Crippen LogP contribution >= 0.6 is 11.3 Å². The summed E-state index contributed by atoms with van der Waals surface area (Å²) in [7, 11) is 5.91. The van der Waals surface area contributed by atoms with E-state index in [0.717, 1.165) is 31.2 Å². The lowest BCUT2D eigenvalue weighted by molar-refractivity contribution is 0.0547. The molecule has 2 rings (SSSR count). The zero-order chi connectivity index (χ0) is 14.9. The molecule has 0 saturated carbocycles. The van der Waals surface area contributed by atoms with Gasteiger partial charge in [-0.1, -0.05) is 18.3 Å². The number of piperazine rings is 1. The number of nitrogen functional groups attached to an aromatic ring is 1. The van der Waals surface area contributed by atoms with Crippen LogP contribution in [0.5, 0.6) is 0 Å². The highest BCUT2D eigenvalue weighted by molar-refractivity contribution is 7.18. The molecule has 0 spiro atoms. The van der Waals surface area contributed by atoms with Gasteiger partial charge in [-0.05, 0) is 13.5 Å². The van der Waals surface area contributed by atoms with Gasteiger partial charge in [-0.25, -0.2) is 4.98 Å². The molecule has 0 bridgehead atoms. The number of hydrogen-bond donors (Lipinski definition) is 1. The summed E-state index contributed by atoms with van der Waals surface area (Å²) in [4.78, 5) is 23.5. The first-order chi connectivity index (χ1) is 9.43. The molecule has 1 unspecified atom stereocenters. The number of hydrogen-bond acceptors (Lipinski definition) is 6. The summed E-state index contributed by atoms with van der Waals surface area (Å²) in [6, 6.07) is 0.426. The Morgan fingerprint density at radius 2 is 2.20 bits per heavy atom. The van der Waals surface area contributed by atoms with Gasteiger partial charge in [0.2, 0.25) is 0 Å². The average molecular weight is 297 g/mol. The van der Waals surface area contributed by atoms with Crippen LogP contribution in [-0.2, 0) is 0 Å². The molecule has 7 heteroatoms. The Balaban J connectivity index is 2.15. The number of carbonyl (C=O) groups excluding carboxylic acids is 1. The summed E-state index contributed by atoms with van der Waals surface area (Å²) in [5.41, 5.74) is 5.90. The highest BCUT2D eigenvalue weighted by atomic mass is 32.1. The van der Waals surface area contributed by atoms with Crippen molar-refractivity contribution in [1.29, 1.82) is 0 Å². The summed E-state index contributed by atoms with van der Waals surface area (Å²) >= 11 is 1.36. The Morgan fingerprint density at radius 3 is 2.75 bits per heavy atom. The standard InChI is InChI=1S/C13H23N5OS/c1-5-9-8-18(7-6-17(9)4)12(19)10-11(14)15-13(20-10)16(2)3/h9H,5-8,14H2,1-4H3. The van der Waals surface area contributed by atoms with Crippen molar-refractivity contribution >= 4 is 28.2 Å². The van der Waals surface area contributed by atoms with E-state index in [2.05, 4.69) is 23.9 Å². The van der Waals surface area contributed by atoms with E-state index >= 15 is 0 Å². The van der Waals surface area contributed by atoms with Crippen LogP contribution in [0.1, 0.15) is 23.0 Å². The smallest absolute Gasteiger partial charge is 0.267 e. The number of carbonyl (C=O) groups is 1. The predicted molar refractivity (Wildman–Crippen MR) is 83.5 cm³/mol. The van der Waals surface area contributed by atoms with E-state index in [1.54, 1.807) is 0 Å². The largest absolute Gasteiger partial charge is 0.382 e. The van der Waals surface area contributed by atoms with Crippen molar-refractivity contribution in [3.63, 3.8) is 0 Å². The Morgan fingerprint density at radius 1 is 1.50 bits per heavy atom. The number of nitrogens with zero attached hydrogens (tertiary/aromatic N) is 4. The van der Waals surface area contributed by atoms with Gasteiger partial charge in [-0.3, -0.25) is 9.69 Å². The van der Waals surface area contributed by atoms with Gasteiger partial charge < -0.3 is 15.5 Å². The second-order valence-electron chi connectivity index (χ2n) is 5.40. The summed E-state index contributed by atoms with van der Waals surface area (Å²) < 4.78 is 0. The van der Waals surface area contributed by atoms with E-state index in [9.17, 15) is 4.79 Å². The molecule has 1 saturated heterocycles. The molecule has 1 atom stereocenters. The highest BCUT2D eigenvalue weighted by Gasteiger charge is 2.29. The summed E-state index contributed by atoms with van der Waals surface area (Å²) in [6.45, 7) is 4.57. The molecule has 2 heterocycles. The molecule has 0 aromatic carbocycles. The lowest BCUT2D eigenvalue weighted by Gasteiger charge is -2.38. The first-order valence-corrected chi connectivity index (χ1v) is 7.68. The minimum absolute atomic E-state index is 0.0136. The van der Waals surface area contributed by atoms with Crippen molar-refractivity contribution < 1.29 is 4.79 Å². The number of thiazole rings is 1. The second kappa shape index (κ2) is 5.97. The van der Waals surface area contributed by atoms with Crippen molar-refractivity contribution in [2.45, 2.75) is 19.4 Å². The number of likely N-dealkylation sites (N-methyl/N-ethyl adjacent to an activating group) is 1. The monoisotopic (exact) mass is 297 g/mol. The predicted octanol–water partition coefficient (Wildman–Crippen LogP) is 0.958. The average Bonchev–Trinajstić information content (AvgIpc) is 2.81. The first-order valence-electron chi connectivity index (χ1n) is 6.87. The molecule has 1 aromatic heterocycles. The van der Waals surface area contributed by atoms with E-state index < -0.39 is 0 Å². The molecule has 20 heavy (non-hydrogen) atoms. The maximum absolute atomic E-state index is 12.6. The Hall–Kier alpha value is -1.34. The van der Waals surface area contributed by atoms with Gasteiger partial charge in [-0.2, -0.15) is 0 Å². The number of aromatic nitrogens is 1. The molecule has 112 valence electrons. The highest BCUT2D eigenvalue weighted by Crippen LogP contribution is 2.28. The van der Waals surface area contributed by atoms with Crippen LogP contribution in [0, 0.1) is 0 Å². The molecule has 1 fully saturated rings. The third kappa shape index (κ3) is 2.88. The lowest BCUT2D eigenvalue weighted by Crippen LogP contribution is -2.52.